The van der Waals surface area contributed by atoms with Gasteiger partial charge in [-0.3, -0.25) is 4.79 Å². The zero-order valence-electron chi connectivity index (χ0n) is 9.88. The lowest BCUT2D eigenvalue weighted by molar-refractivity contribution is 0.102. The average molecular weight is 329 g/mol. The van der Waals surface area contributed by atoms with Crippen LogP contribution in [0.4, 0.5) is 5.69 Å². The molecule has 0 bridgehead atoms. The molecule has 1 aromatic heterocycles. The second kappa shape index (κ2) is 5.16. The van der Waals surface area contributed by atoms with Crippen LogP contribution in [-0.4, -0.2) is 5.91 Å². The number of aryl methyl sites for hydroxylation is 2. The van der Waals surface area contributed by atoms with Crippen LogP contribution in [0.25, 0.3) is 0 Å². The molecule has 94 valence electrons. The number of carbonyl (C=O) groups is 1. The molecule has 5 heteroatoms. The Labute approximate surface area is 118 Å². The molecule has 0 aliphatic carbocycles. The van der Waals surface area contributed by atoms with Crippen LogP contribution in [0, 0.1) is 13.8 Å². The lowest BCUT2D eigenvalue weighted by atomic mass is 10.1. The molecule has 2 aromatic rings. The molecule has 1 heterocycles. The normalized spacial score (nSPS) is 10.4. The van der Waals surface area contributed by atoms with Gasteiger partial charge in [-0.2, -0.15) is 0 Å². The highest BCUT2D eigenvalue weighted by atomic mass is 79.9. The number of hydrogen-bond acceptors (Lipinski definition) is 2. The Balaban J connectivity index is 2.31. The first-order chi connectivity index (χ1) is 8.49. The third kappa shape index (κ3) is 2.60. The molecule has 2 rings (SSSR count). The van der Waals surface area contributed by atoms with E-state index in [2.05, 4.69) is 21.2 Å². The van der Waals surface area contributed by atoms with Crippen LogP contribution in [0.3, 0.4) is 0 Å². The third-order valence-electron chi connectivity index (χ3n) is 2.53. The summed E-state index contributed by atoms with van der Waals surface area (Å²) in [4.78, 5) is 12.0. The van der Waals surface area contributed by atoms with Crippen LogP contribution in [0.5, 0.6) is 0 Å². The Morgan fingerprint density at radius 3 is 2.67 bits per heavy atom. The molecule has 0 radical (unpaired) electrons. The van der Waals surface area contributed by atoms with Crippen LogP contribution < -0.4 is 5.32 Å². The Morgan fingerprint density at radius 1 is 1.39 bits per heavy atom. The van der Waals surface area contributed by atoms with E-state index < -0.39 is 0 Å². The van der Waals surface area contributed by atoms with Gasteiger partial charge in [0.15, 0.2) is 0 Å². The molecule has 0 atom stereocenters. The standard InChI is InChI=1S/C13H11BrClNO2/c1-7-5-8(2)11(10(14)6-7)16-13(17)9-3-4-18-12(9)15/h3-6H,1-2H3,(H,16,17). The zero-order chi connectivity index (χ0) is 13.3. The fourth-order valence-electron chi connectivity index (χ4n) is 1.71. The number of nitrogens with one attached hydrogen (secondary N) is 1. The van der Waals surface area contributed by atoms with Crippen molar-refractivity contribution in [3.8, 4) is 0 Å². The molecular weight excluding hydrogens is 318 g/mol. The maximum absolute atomic E-state index is 12.0. The number of furan rings is 1. The van der Waals surface area contributed by atoms with Crippen molar-refractivity contribution in [1.29, 1.82) is 0 Å². The van der Waals surface area contributed by atoms with Crippen LogP contribution in [0.1, 0.15) is 21.5 Å². The van der Waals surface area contributed by atoms with Crippen molar-refractivity contribution >= 4 is 39.1 Å². The summed E-state index contributed by atoms with van der Waals surface area (Å²) in [7, 11) is 0. The molecule has 1 N–H and O–H groups in total. The molecule has 0 unspecified atom stereocenters. The van der Waals surface area contributed by atoms with Crippen LogP contribution in [-0.2, 0) is 0 Å². The molecule has 0 saturated carbocycles. The molecule has 0 fully saturated rings. The number of halogens is 2. The van der Waals surface area contributed by atoms with Crippen molar-refractivity contribution in [2.75, 3.05) is 5.32 Å². The van der Waals surface area contributed by atoms with Gasteiger partial charge in [0.2, 0.25) is 5.22 Å². The summed E-state index contributed by atoms with van der Waals surface area (Å²) >= 11 is 9.20. The predicted molar refractivity (Wildman–Crippen MR) is 75.3 cm³/mol. The summed E-state index contributed by atoms with van der Waals surface area (Å²) < 4.78 is 5.74. The van der Waals surface area contributed by atoms with Gasteiger partial charge in [0.25, 0.3) is 5.91 Å². The number of carbonyl (C=O) groups excluding carboxylic acids is 1. The highest BCUT2D eigenvalue weighted by Crippen LogP contribution is 2.29. The fraction of sp³-hybridized carbons (Fsp3) is 0.154. The van der Waals surface area contributed by atoms with Gasteiger partial charge in [-0.1, -0.05) is 6.07 Å². The van der Waals surface area contributed by atoms with Crippen molar-refractivity contribution in [2.24, 2.45) is 0 Å². The SMILES string of the molecule is Cc1cc(C)c(NC(=O)c2ccoc2Cl)c(Br)c1. The van der Waals surface area contributed by atoms with E-state index in [4.69, 9.17) is 16.0 Å². The molecule has 18 heavy (non-hydrogen) atoms. The second-order valence-corrected chi connectivity index (χ2v) is 5.20. The van der Waals surface area contributed by atoms with Crippen LogP contribution in [0.2, 0.25) is 5.22 Å². The van der Waals surface area contributed by atoms with Gasteiger partial charge in [-0.15, -0.1) is 0 Å². The van der Waals surface area contributed by atoms with Gasteiger partial charge >= 0.3 is 0 Å². The summed E-state index contributed by atoms with van der Waals surface area (Å²) in [6.07, 6.45) is 1.38. The van der Waals surface area contributed by atoms with Crippen molar-refractivity contribution in [1.82, 2.24) is 0 Å². The van der Waals surface area contributed by atoms with Crippen LogP contribution >= 0.6 is 27.5 Å². The molecule has 0 aliphatic heterocycles. The maximum atomic E-state index is 12.0. The third-order valence-corrected chi connectivity index (χ3v) is 3.45. The van der Waals surface area contributed by atoms with Crippen LogP contribution in [0.15, 0.2) is 33.4 Å². The van der Waals surface area contributed by atoms with E-state index in [0.717, 1.165) is 21.3 Å². The van der Waals surface area contributed by atoms with Gasteiger partial charge in [0.1, 0.15) is 0 Å². The number of amides is 1. The smallest absolute Gasteiger partial charge is 0.260 e. The second-order valence-electron chi connectivity index (χ2n) is 4.00. The van der Waals surface area contributed by atoms with E-state index in [1.54, 1.807) is 0 Å². The first-order valence-corrected chi connectivity index (χ1v) is 6.47. The largest absolute Gasteiger partial charge is 0.452 e. The molecule has 0 spiro atoms. The van der Waals surface area contributed by atoms with E-state index in [1.807, 2.05) is 26.0 Å². The minimum atomic E-state index is -0.290. The van der Waals surface area contributed by atoms with Crippen molar-refractivity contribution in [3.63, 3.8) is 0 Å². The fourth-order valence-corrected chi connectivity index (χ4v) is 2.68. The van der Waals surface area contributed by atoms with Gasteiger partial charge < -0.3 is 9.73 Å². The first kappa shape index (κ1) is 13.2. The lowest BCUT2D eigenvalue weighted by Crippen LogP contribution is -2.13. The van der Waals surface area contributed by atoms with Gasteiger partial charge in [-0.25, -0.2) is 0 Å². The quantitative estimate of drug-likeness (QED) is 0.877. The molecular formula is C13H11BrClNO2. The minimum absolute atomic E-state index is 0.0911. The lowest BCUT2D eigenvalue weighted by Gasteiger charge is -2.11. The van der Waals surface area contributed by atoms with Gasteiger partial charge in [-0.05, 0) is 64.6 Å². The molecule has 1 aromatic carbocycles. The van der Waals surface area contributed by atoms with Gasteiger partial charge in [0, 0.05) is 4.47 Å². The number of anilines is 1. The Bertz CT molecular complexity index is 584. The summed E-state index contributed by atoms with van der Waals surface area (Å²) in [5.74, 6) is -0.290. The Kier molecular flexibility index (Phi) is 3.78. The average Bonchev–Trinajstić information content (AvgIpc) is 2.69. The summed E-state index contributed by atoms with van der Waals surface area (Å²) in [5.41, 5.74) is 3.17. The predicted octanol–water partition coefficient (Wildman–Crippen LogP) is 4.56. The van der Waals surface area contributed by atoms with E-state index in [9.17, 15) is 4.79 Å². The topological polar surface area (TPSA) is 42.2 Å². The summed E-state index contributed by atoms with van der Waals surface area (Å²) in [6.45, 7) is 3.93. The number of rotatable bonds is 2. The Hall–Kier alpha value is -1.26. The molecule has 1 amide bonds. The zero-order valence-corrected chi connectivity index (χ0v) is 12.2. The van der Waals surface area contributed by atoms with Crippen molar-refractivity contribution < 1.29 is 9.21 Å². The highest BCUT2D eigenvalue weighted by molar-refractivity contribution is 9.10. The summed E-state index contributed by atoms with van der Waals surface area (Å²) in [5, 5.41) is 2.91. The minimum Gasteiger partial charge on any atom is -0.452 e. The van der Waals surface area contributed by atoms with E-state index in [0.29, 0.717) is 5.56 Å². The molecule has 0 saturated heterocycles. The number of benzene rings is 1. The number of hydrogen-bond donors (Lipinski definition) is 1. The van der Waals surface area contributed by atoms with Crippen molar-refractivity contribution in [2.45, 2.75) is 13.8 Å². The molecule has 3 nitrogen and oxygen atoms in total. The highest BCUT2D eigenvalue weighted by Gasteiger charge is 2.15. The van der Waals surface area contributed by atoms with Crippen molar-refractivity contribution in [3.05, 3.63) is 50.8 Å². The van der Waals surface area contributed by atoms with E-state index in [1.165, 1.54) is 12.3 Å². The van der Waals surface area contributed by atoms with Gasteiger partial charge in [0.05, 0.1) is 17.5 Å². The first-order valence-electron chi connectivity index (χ1n) is 5.30. The van der Waals surface area contributed by atoms with E-state index in [-0.39, 0.29) is 11.1 Å². The monoisotopic (exact) mass is 327 g/mol. The molecule has 0 aliphatic rings. The summed E-state index contributed by atoms with van der Waals surface area (Å²) in [6, 6.07) is 5.48. The maximum Gasteiger partial charge on any atom is 0.260 e. The Morgan fingerprint density at radius 2 is 2.11 bits per heavy atom. The van der Waals surface area contributed by atoms with E-state index >= 15 is 0 Å².